The maximum atomic E-state index is 5.75. The van der Waals surface area contributed by atoms with Crippen LogP contribution in [0.5, 0.6) is 5.75 Å². The predicted molar refractivity (Wildman–Crippen MR) is 113 cm³/mol. The van der Waals surface area contributed by atoms with Crippen molar-refractivity contribution in [2.24, 2.45) is 12.0 Å². The highest BCUT2D eigenvalue weighted by atomic mass is 127. The summed E-state index contributed by atoms with van der Waals surface area (Å²) in [4.78, 5) is 4.20. The van der Waals surface area contributed by atoms with Gasteiger partial charge >= 0.3 is 0 Å². The smallest absolute Gasteiger partial charge is 0.191 e. The van der Waals surface area contributed by atoms with E-state index >= 15 is 0 Å². The fourth-order valence-electron chi connectivity index (χ4n) is 2.26. The zero-order chi connectivity index (χ0) is 17.4. The highest BCUT2D eigenvalue weighted by Gasteiger charge is 2.02. The molecule has 0 aliphatic carbocycles. The lowest BCUT2D eigenvalue weighted by Crippen LogP contribution is -2.39. The van der Waals surface area contributed by atoms with E-state index in [4.69, 9.17) is 4.74 Å². The van der Waals surface area contributed by atoms with E-state index in [2.05, 4.69) is 46.7 Å². The Morgan fingerprint density at radius 2 is 1.92 bits per heavy atom. The van der Waals surface area contributed by atoms with Crippen LogP contribution in [0.2, 0.25) is 0 Å². The van der Waals surface area contributed by atoms with Crippen molar-refractivity contribution in [3.63, 3.8) is 0 Å². The van der Waals surface area contributed by atoms with Crippen molar-refractivity contribution < 1.29 is 4.74 Å². The molecule has 1 heterocycles. The van der Waals surface area contributed by atoms with Crippen molar-refractivity contribution in [3.05, 3.63) is 47.8 Å². The molecular weight excluding hydrogens is 429 g/mol. The third-order valence-corrected chi connectivity index (χ3v) is 3.79. The van der Waals surface area contributed by atoms with E-state index < -0.39 is 0 Å². The minimum absolute atomic E-state index is 0. The van der Waals surface area contributed by atoms with E-state index in [0.717, 1.165) is 17.4 Å². The number of aromatic nitrogens is 2. The highest BCUT2D eigenvalue weighted by molar-refractivity contribution is 14.0. The lowest BCUT2D eigenvalue weighted by molar-refractivity contribution is 0.322. The Bertz CT molecular complexity index is 652. The van der Waals surface area contributed by atoms with Crippen LogP contribution in [0.25, 0.3) is 0 Å². The van der Waals surface area contributed by atoms with Crippen molar-refractivity contribution in [1.82, 2.24) is 20.4 Å². The summed E-state index contributed by atoms with van der Waals surface area (Å²) in [7, 11) is 3.68. The van der Waals surface area contributed by atoms with Gasteiger partial charge in [-0.3, -0.25) is 9.67 Å². The summed E-state index contributed by atoms with van der Waals surface area (Å²) in [5.41, 5.74) is 2.42. The second-order valence-electron chi connectivity index (χ2n) is 5.87. The van der Waals surface area contributed by atoms with Crippen LogP contribution in [0.4, 0.5) is 0 Å². The van der Waals surface area contributed by atoms with Gasteiger partial charge in [-0.25, -0.2) is 0 Å². The number of rotatable bonds is 7. The van der Waals surface area contributed by atoms with Gasteiger partial charge in [0.2, 0.25) is 0 Å². The lowest BCUT2D eigenvalue weighted by Gasteiger charge is -2.13. The van der Waals surface area contributed by atoms with Gasteiger partial charge < -0.3 is 15.4 Å². The third kappa shape index (κ3) is 6.93. The van der Waals surface area contributed by atoms with E-state index in [9.17, 15) is 0 Å². The van der Waals surface area contributed by atoms with Gasteiger partial charge in [0.1, 0.15) is 12.4 Å². The number of hydrogen-bond acceptors (Lipinski definition) is 3. The fourth-order valence-corrected chi connectivity index (χ4v) is 2.26. The molecule has 0 fully saturated rings. The summed E-state index contributed by atoms with van der Waals surface area (Å²) in [5, 5.41) is 10.6. The molecule has 25 heavy (non-hydrogen) atoms. The van der Waals surface area contributed by atoms with E-state index in [0.29, 0.717) is 25.6 Å². The average Bonchev–Trinajstić information content (AvgIpc) is 2.99. The van der Waals surface area contributed by atoms with E-state index in [-0.39, 0.29) is 24.0 Å². The van der Waals surface area contributed by atoms with Gasteiger partial charge in [0.15, 0.2) is 5.96 Å². The molecule has 2 N–H and O–H groups in total. The van der Waals surface area contributed by atoms with Crippen LogP contribution in [-0.2, 0) is 13.6 Å². The summed E-state index contributed by atoms with van der Waals surface area (Å²) in [6, 6.07) is 10.2. The van der Waals surface area contributed by atoms with Crippen molar-refractivity contribution >= 4 is 29.9 Å². The van der Waals surface area contributed by atoms with Gasteiger partial charge in [0.25, 0.3) is 0 Å². The molecule has 0 aliphatic rings. The number of guanidine groups is 1. The molecule has 0 atom stereocenters. The molecule has 138 valence electrons. The summed E-state index contributed by atoms with van der Waals surface area (Å²) in [6.07, 6.45) is 1.78. The van der Waals surface area contributed by atoms with Gasteiger partial charge in [-0.1, -0.05) is 26.0 Å². The number of aryl methyl sites for hydroxylation is 1. The molecule has 0 bridgehead atoms. The highest BCUT2D eigenvalue weighted by Crippen LogP contribution is 2.18. The maximum Gasteiger partial charge on any atom is 0.191 e. The number of nitrogens with one attached hydrogen (secondary N) is 2. The number of aliphatic imine (C=N–C) groups is 1. The first-order valence-corrected chi connectivity index (χ1v) is 8.24. The Labute approximate surface area is 167 Å². The Morgan fingerprint density at radius 1 is 1.20 bits per heavy atom. The van der Waals surface area contributed by atoms with Gasteiger partial charge in [-0.2, -0.15) is 5.10 Å². The van der Waals surface area contributed by atoms with Gasteiger partial charge in [-0.15, -0.1) is 24.0 Å². The molecule has 0 unspecified atom stereocenters. The first-order chi connectivity index (χ1) is 11.6. The zero-order valence-electron chi connectivity index (χ0n) is 15.3. The van der Waals surface area contributed by atoms with E-state index in [1.165, 1.54) is 5.56 Å². The van der Waals surface area contributed by atoms with E-state index in [1.807, 2.05) is 29.9 Å². The second-order valence-corrected chi connectivity index (χ2v) is 5.87. The number of nitrogens with zero attached hydrogens (tertiary/aromatic N) is 3. The van der Waals surface area contributed by atoms with E-state index in [1.54, 1.807) is 13.2 Å². The number of benzene rings is 1. The number of ether oxygens (including phenoxy) is 1. The Morgan fingerprint density at radius 3 is 2.48 bits per heavy atom. The molecule has 0 aliphatic heterocycles. The Hall–Kier alpha value is -1.77. The van der Waals surface area contributed by atoms with Crippen molar-refractivity contribution in [3.8, 4) is 5.75 Å². The van der Waals surface area contributed by atoms with Crippen LogP contribution in [0.15, 0.2) is 41.5 Å². The minimum atomic E-state index is 0. The van der Waals surface area contributed by atoms with Crippen molar-refractivity contribution in [2.75, 3.05) is 20.2 Å². The summed E-state index contributed by atoms with van der Waals surface area (Å²) in [6.45, 7) is 6.30. The molecule has 0 saturated heterocycles. The molecule has 2 aromatic rings. The number of halogens is 1. The molecule has 6 nitrogen and oxygen atoms in total. The topological polar surface area (TPSA) is 63.5 Å². The average molecular weight is 457 g/mol. The molecule has 0 amide bonds. The molecule has 1 aromatic heterocycles. The molecular formula is C18H28IN5O. The van der Waals surface area contributed by atoms with Gasteiger partial charge in [0.05, 0.1) is 18.8 Å². The lowest BCUT2D eigenvalue weighted by atomic mass is 10.0. The molecule has 1 aromatic carbocycles. The zero-order valence-corrected chi connectivity index (χ0v) is 17.7. The minimum Gasteiger partial charge on any atom is -0.492 e. The SMILES string of the molecule is CN=C(NCCOc1ccc(C(C)C)cc1)NCc1ccnn1C.I. The Kier molecular flexibility index (Phi) is 9.33. The molecule has 7 heteroatoms. The van der Waals surface area contributed by atoms with Crippen LogP contribution < -0.4 is 15.4 Å². The molecule has 0 radical (unpaired) electrons. The standard InChI is InChI=1S/C18H27N5O.HI/c1-14(2)15-5-7-17(8-6-15)24-12-11-20-18(19-3)21-13-16-9-10-22-23(16)4;/h5-10,14H,11-13H2,1-4H3,(H2,19,20,21);1H. The molecule has 2 rings (SSSR count). The normalized spacial score (nSPS) is 11.2. The summed E-state index contributed by atoms with van der Waals surface area (Å²) >= 11 is 0. The first-order valence-electron chi connectivity index (χ1n) is 8.24. The number of hydrogen-bond donors (Lipinski definition) is 2. The first kappa shape index (κ1) is 21.3. The molecule has 0 saturated carbocycles. The van der Waals surface area contributed by atoms with Gasteiger partial charge in [-0.05, 0) is 29.7 Å². The third-order valence-electron chi connectivity index (χ3n) is 3.79. The van der Waals surface area contributed by atoms with Crippen LogP contribution in [0, 0.1) is 0 Å². The molecule has 0 spiro atoms. The summed E-state index contributed by atoms with van der Waals surface area (Å²) in [5.74, 6) is 2.17. The van der Waals surface area contributed by atoms with Crippen LogP contribution >= 0.6 is 24.0 Å². The van der Waals surface area contributed by atoms with Crippen LogP contribution in [0.3, 0.4) is 0 Å². The Balaban J connectivity index is 0.00000312. The van der Waals surface area contributed by atoms with Crippen molar-refractivity contribution in [1.29, 1.82) is 0 Å². The largest absolute Gasteiger partial charge is 0.492 e. The second kappa shape index (κ2) is 11.0. The fraction of sp³-hybridized carbons (Fsp3) is 0.444. The quantitative estimate of drug-likeness (QED) is 0.291. The monoisotopic (exact) mass is 457 g/mol. The maximum absolute atomic E-state index is 5.75. The predicted octanol–water partition coefficient (Wildman–Crippen LogP) is 2.91. The van der Waals surface area contributed by atoms with Gasteiger partial charge in [0, 0.05) is 20.3 Å². The summed E-state index contributed by atoms with van der Waals surface area (Å²) < 4.78 is 7.58. The van der Waals surface area contributed by atoms with Crippen molar-refractivity contribution in [2.45, 2.75) is 26.3 Å². The van der Waals surface area contributed by atoms with Crippen LogP contribution in [-0.4, -0.2) is 35.9 Å². The van der Waals surface area contributed by atoms with Crippen LogP contribution in [0.1, 0.15) is 31.0 Å².